The highest BCUT2D eigenvalue weighted by molar-refractivity contribution is 9.10. The first-order valence-electron chi connectivity index (χ1n) is 4.74. The fourth-order valence-corrected chi connectivity index (χ4v) is 1.76. The van der Waals surface area contributed by atoms with Crippen molar-refractivity contribution in [3.8, 4) is 0 Å². The van der Waals surface area contributed by atoms with Gasteiger partial charge in [0.15, 0.2) is 0 Å². The molecule has 0 amide bonds. The summed E-state index contributed by atoms with van der Waals surface area (Å²) in [7, 11) is 1.97. The van der Waals surface area contributed by atoms with E-state index in [1.54, 1.807) is 6.34 Å². The van der Waals surface area contributed by atoms with Crippen molar-refractivity contribution in [1.29, 1.82) is 0 Å². The Hall–Kier alpha value is -0.540. The predicted octanol–water partition coefficient (Wildman–Crippen LogP) is 4.02. The van der Waals surface area contributed by atoms with Crippen molar-refractivity contribution < 1.29 is 0 Å². The van der Waals surface area contributed by atoms with Crippen molar-refractivity contribution in [3.05, 3.63) is 27.2 Å². The van der Waals surface area contributed by atoms with E-state index >= 15 is 0 Å². The van der Waals surface area contributed by atoms with Gasteiger partial charge in [-0.05, 0) is 47.5 Å². The lowest BCUT2D eigenvalue weighted by atomic mass is 10.2. The molecule has 0 heterocycles. The normalized spacial score (nSPS) is 11.0. The first-order chi connectivity index (χ1) is 7.04. The molecule has 0 fully saturated rings. The van der Waals surface area contributed by atoms with Gasteiger partial charge >= 0.3 is 0 Å². The van der Waals surface area contributed by atoms with Crippen LogP contribution in [0, 0.1) is 6.92 Å². The fourth-order valence-electron chi connectivity index (χ4n) is 1.04. The van der Waals surface area contributed by atoms with Crippen molar-refractivity contribution in [3.63, 3.8) is 0 Å². The van der Waals surface area contributed by atoms with Gasteiger partial charge in [0.25, 0.3) is 0 Å². The zero-order chi connectivity index (χ0) is 11.4. The summed E-state index contributed by atoms with van der Waals surface area (Å²) < 4.78 is 0.885. The van der Waals surface area contributed by atoms with Crippen LogP contribution in [0.4, 0.5) is 5.69 Å². The first kappa shape index (κ1) is 12.5. The maximum absolute atomic E-state index is 6.11. The summed E-state index contributed by atoms with van der Waals surface area (Å²) in [5.74, 6) is 0. The zero-order valence-corrected chi connectivity index (χ0v) is 11.4. The van der Waals surface area contributed by atoms with Crippen molar-refractivity contribution in [2.24, 2.45) is 4.99 Å². The van der Waals surface area contributed by atoms with E-state index in [-0.39, 0.29) is 0 Å². The van der Waals surface area contributed by atoms with Crippen molar-refractivity contribution in [2.75, 3.05) is 13.6 Å². The highest BCUT2D eigenvalue weighted by atomic mass is 79.9. The summed E-state index contributed by atoms with van der Waals surface area (Å²) in [5, 5.41) is 0.654. The molecule has 0 unspecified atom stereocenters. The third kappa shape index (κ3) is 3.50. The lowest BCUT2D eigenvalue weighted by Crippen LogP contribution is -2.14. The molecule has 0 bridgehead atoms. The van der Waals surface area contributed by atoms with Gasteiger partial charge in [0.1, 0.15) is 0 Å². The van der Waals surface area contributed by atoms with Gasteiger partial charge in [-0.25, -0.2) is 4.99 Å². The molecular formula is C11H14BrClN2. The Kier molecular flexibility index (Phi) is 4.61. The second-order valence-electron chi connectivity index (χ2n) is 3.40. The monoisotopic (exact) mass is 288 g/mol. The Morgan fingerprint density at radius 1 is 1.53 bits per heavy atom. The minimum Gasteiger partial charge on any atom is -0.366 e. The van der Waals surface area contributed by atoms with E-state index in [1.807, 2.05) is 31.0 Å². The standard InChI is InChI=1S/C11H14BrClN2/c1-4-15(3)7-14-10-6-8(2)5-9(12)11(10)13/h5-7H,4H2,1-3H3/b14-7-. The predicted molar refractivity (Wildman–Crippen MR) is 70.3 cm³/mol. The molecule has 2 nitrogen and oxygen atoms in total. The highest BCUT2D eigenvalue weighted by Gasteiger charge is 2.04. The van der Waals surface area contributed by atoms with Crippen LogP contribution in [-0.4, -0.2) is 24.8 Å². The van der Waals surface area contributed by atoms with E-state index in [9.17, 15) is 0 Å². The van der Waals surface area contributed by atoms with Gasteiger partial charge in [-0.1, -0.05) is 11.6 Å². The maximum atomic E-state index is 6.11. The second-order valence-corrected chi connectivity index (χ2v) is 4.63. The minimum atomic E-state index is 0.654. The van der Waals surface area contributed by atoms with Crippen LogP contribution in [0.25, 0.3) is 0 Å². The molecule has 0 saturated carbocycles. The number of halogens is 2. The van der Waals surface area contributed by atoms with Crippen LogP contribution < -0.4 is 0 Å². The number of aryl methyl sites for hydroxylation is 1. The number of nitrogens with zero attached hydrogens (tertiary/aromatic N) is 2. The molecule has 15 heavy (non-hydrogen) atoms. The van der Waals surface area contributed by atoms with Gasteiger partial charge in [0.05, 0.1) is 17.0 Å². The molecule has 0 aromatic heterocycles. The van der Waals surface area contributed by atoms with E-state index in [0.717, 1.165) is 22.3 Å². The molecule has 0 aliphatic carbocycles. The molecule has 0 radical (unpaired) electrons. The van der Waals surface area contributed by atoms with E-state index in [0.29, 0.717) is 5.02 Å². The van der Waals surface area contributed by atoms with Crippen molar-refractivity contribution in [1.82, 2.24) is 4.90 Å². The van der Waals surface area contributed by atoms with Crippen LogP contribution in [0.5, 0.6) is 0 Å². The number of rotatable bonds is 3. The summed E-state index contributed by atoms with van der Waals surface area (Å²) in [5.41, 5.74) is 1.93. The van der Waals surface area contributed by atoms with Crippen LogP contribution in [-0.2, 0) is 0 Å². The molecular weight excluding hydrogens is 275 g/mol. The molecule has 82 valence electrons. The largest absolute Gasteiger partial charge is 0.366 e. The van der Waals surface area contributed by atoms with Crippen molar-refractivity contribution in [2.45, 2.75) is 13.8 Å². The Labute approximate surface area is 104 Å². The zero-order valence-electron chi connectivity index (χ0n) is 9.09. The van der Waals surface area contributed by atoms with Gasteiger partial charge in [0, 0.05) is 18.1 Å². The number of aliphatic imine (C=N–C) groups is 1. The van der Waals surface area contributed by atoms with Gasteiger partial charge in [0.2, 0.25) is 0 Å². The van der Waals surface area contributed by atoms with Crippen LogP contribution >= 0.6 is 27.5 Å². The van der Waals surface area contributed by atoms with Crippen LogP contribution in [0.2, 0.25) is 5.02 Å². The van der Waals surface area contributed by atoms with Gasteiger partial charge in [-0.3, -0.25) is 0 Å². The number of benzene rings is 1. The molecule has 0 N–H and O–H groups in total. The summed E-state index contributed by atoms with van der Waals surface area (Å²) in [6.45, 7) is 5.01. The molecule has 0 aliphatic rings. The van der Waals surface area contributed by atoms with Crippen LogP contribution in [0.3, 0.4) is 0 Å². The third-order valence-corrected chi connectivity index (χ3v) is 3.30. The Morgan fingerprint density at radius 2 is 2.20 bits per heavy atom. The molecule has 4 heteroatoms. The lowest BCUT2D eigenvalue weighted by Gasteiger charge is -2.09. The molecule has 1 aromatic carbocycles. The van der Waals surface area contributed by atoms with Gasteiger partial charge < -0.3 is 4.90 Å². The number of hydrogen-bond donors (Lipinski definition) is 0. The van der Waals surface area contributed by atoms with E-state index in [2.05, 4.69) is 27.8 Å². The Morgan fingerprint density at radius 3 is 2.80 bits per heavy atom. The lowest BCUT2D eigenvalue weighted by molar-refractivity contribution is 0.552. The average Bonchev–Trinajstić information content (AvgIpc) is 2.20. The third-order valence-electron chi connectivity index (χ3n) is 2.05. The molecule has 0 aliphatic heterocycles. The molecule has 0 atom stereocenters. The Balaban J connectivity index is 2.99. The molecule has 1 aromatic rings. The molecule has 0 spiro atoms. The SMILES string of the molecule is CCN(C)/C=N\c1cc(C)cc(Br)c1Cl. The van der Waals surface area contributed by atoms with Crippen LogP contribution in [0.15, 0.2) is 21.6 Å². The average molecular weight is 290 g/mol. The Bertz CT molecular complexity index is 377. The highest BCUT2D eigenvalue weighted by Crippen LogP contribution is 2.33. The smallest absolute Gasteiger partial charge is 0.0910 e. The maximum Gasteiger partial charge on any atom is 0.0910 e. The van der Waals surface area contributed by atoms with Gasteiger partial charge in [-0.2, -0.15) is 0 Å². The molecule has 1 rings (SSSR count). The quantitative estimate of drug-likeness (QED) is 0.606. The van der Waals surface area contributed by atoms with Crippen molar-refractivity contribution >= 4 is 39.6 Å². The van der Waals surface area contributed by atoms with Crippen LogP contribution in [0.1, 0.15) is 12.5 Å². The summed E-state index contributed by atoms with van der Waals surface area (Å²) in [4.78, 5) is 6.33. The fraction of sp³-hybridized carbons (Fsp3) is 0.364. The first-order valence-corrected chi connectivity index (χ1v) is 5.91. The van der Waals surface area contributed by atoms with Gasteiger partial charge in [-0.15, -0.1) is 0 Å². The topological polar surface area (TPSA) is 15.6 Å². The number of hydrogen-bond acceptors (Lipinski definition) is 1. The minimum absolute atomic E-state index is 0.654. The van der Waals surface area contributed by atoms with E-state index in [4.69, 9.17) is 11.6 Å². The summed E-state index contributed by atoms with van der Waals surface area (Å²) >= 11 is 9.51. The second kappa shape index (κ2) is 5.52. The van der Waals surface area contributed by atoms with E-state index < -0.39 is 0 Å². The van der Waals surface area contributed by atoms with E-state index in [1.165, 1.54) is 0 Å². The summed E-state index contributed by atoms with van der Waals surface area (Å²) in [6.07, 6.45) is 1.78. The summed E-state index contributed by atoms with van der Waals surface area (Å²) in [6, 6.07) is 3.94. The molecule has 0 saturated heterocycles.